The van der Waals surface area contributed by atoms with Crippen LogP contribution in [-0.4, -0.2) is 15.9 Å². The van der Waals surface area contributed by atoms with Crippen LogP contribution in [0.15, 0.2) is 60.9 Å². The van der Waals surface area contributed by atoms with Crippen LogP contribution in [0, 0.1) is 6.92 Å². The molecule has 25 heavy (non-hydrogen) atoms. The van der Waals surface area contributed by atoms with E-state index in [2.05, 4.69) is 27.5 Å². The molecular weight excluding hydrogens is 312 g/mol. The third kappa shape index (κ3) is 4.01. The first-order chi connectivity index (χ1) is 12.2. The number of para-hydroxylation sites is 2. The van der Waals surface area contributed by atoms with Gasteiger partial charge in [0.1, 0.15) is 17.8 Å². The Kier molecular flexibility index (Phi) is 5.04. The predicted octanol–water partition coefficient (Wildman–Crippen LogP) is 4.34. The van der Waals surface area contributed by atoms with E-state index in [9.17, 15) is 4.79 Å². The molecule has 2 aromatic carbocycles. The average Bonchev–Trinajstić information content (AvgIpc) is 2.64. The number of rotatable bonds is 5. The van der Waals surface area contributed by atoms with Gasteiger partial charge < -0.3 is 10.6 Å². The Morgan fingerprint density at radius 2 is 1.84 bits per heavy atom. The molecule has 2 N–H and O–H groups in total. The minimum atomic E-state index is -0.248. The Hall–Kier alpha value is -3.21. The van der Waals surface area contributed by atoms with Crippen LogP contribution in [0.1, 0.15) is 28.5 Å². The quantitative estimate of drug-likeness (QED) is 0.729. The summed E-state index contributed by atoms with van der Waals surface area (Å²) in [7, 11) is 0. The third-order valence-electron chi connectivity index (χ3n) is 3.92. The highest BCUT2D eigenvalue weighted by atomic mass is 16.1. The number of carbonyl (C=O) groups excluding carboxylic acids is 1. The van der Waals surface area contributed by atoms with Gasteiger partial charge >= 0.3 is 0 Å². The fraction of sp³-hybridized carbons (Fsp3) is 0.150. The van der Waals surface area contributed by atoms with Crippen molar-refractivity contribution in [1.29, 1.82) is 0 Å². The number of amides is 1. The van der Waals surface area contributed by atoms with Gasteiger partial charge in [-0.25, -0.2) is 9.97 Å². The summed E-state index contributed by atoms with van der Waals surface area (Å²) in [6.45, 7) is 4.05. The molecule has 0 saturated carbocycles. The van der Waals surface area contributed by atoms with E-state index < -0.39 is 0 Å². The fourth-order valence-electron chi connectivity index (χ4n) is 2.60. The second kappa shape index (κ2) is 7.57. The van der Waals surface area contributed by atoms with Gasteiger partial charge in [0.2, 0.25) is 0 Å². The topological polar surface area (TPSA) is 66.9 Å². The van der Waals surface area contributed by atoms with E-state index >= 15 is 0 Å². The van der Waals surface area contributed by atoms with E-state index in [0.717, 1.165) is 28.9 Å². The van der Waals surface area contributed by atoms with Gasteiger partial charge in [-0.05, 0) is 36.6 Å². The van der Waals surface area contributed by atoms with Crippen LogP contribution in [-0.2, 0) is 6.42 Å². The minimum absolute atomic E-state index is 0.248. The number of nitrogens with one attached hydrogen (secondary N) is 2. The van der Waals surface area contributed by atoms with Crippen LogP contribution in [0.4, 0.5) is 17.2 Å². The van der Waals surface area contributed by atoms with Crippen molar-refractivity contribution in [3.8, 4) is 0 Å². The van der Waals surface area contributed by atoms with Crippen LogP contribution in [0.25, 0.3) is 0 Å². The molecule has 3 aromatic rings. The molecule has 0 fully saturated rings. The molecule has 1 amide bonds. The lowest BCUT2D eigenvalue weighted by molar-refractivity contribution is 0.102. The maximum absolute atomic E-state index is 12.6. The smallest absolute Gasteiger partial charge is 0.274 e. The second-order valence-electron chi connectivity index (χ2n) is 5.70. The van der Waals surface area contributed by atoms with Crippen molar-refractivity contribution < 1.29 is 4.79 Å². The number of hydrogen-bond donors (Lipinski definition) is 2. The normalized spacial score (nSPS) is 10.3. The minimum Gasteiger partial charge on any atom is -0.340 e. The Morgan fingerprint density at radius 3 is 2.60 bits per heavy atom. The first-order valence-electron chi connectivity index (χ1n) is 8.21. The van der Waals surface area contributed by atoms with Gasteiger partial charge in [-0.3, -0.25) is 4.79 Å². The number of aromatic nitrogens is 2. The molecular formula is C20H20N4O. The molecule has 3 rings (SSSR count). The molecule has 0 unspecified atom stereocenters. The number of aryl methyl sites for hydroxylation is 2. The summed E-state index contributed by atoms with van der Waals surface area (Å²) in [6.07, 6.45) is 2.24. The highest BCUT2D eigenvalue weighted by molar-refractivity contribution is 6.04. The van der Waals surface area contributed by atoms with Crippen LogP contribution >= 0.6 is 0 Å². The molecule has 0 aliphatic rings. The van der Waals surface area contributed by atoms with Crippen LogP contribution in [0.3, 0.4) is 0 Å². The lowest BCUT2D eigenvalue weighted by atomic mass is 10.1. The lowest BCUT2D eigenvalue weighted by Crippen LogP contribution is -2.16. The summed E-state index contributed by atoms with van der Waals surface area (Å²) in [4.78, 5) is 20.9. The SMILES string of the molecule is CCc1cccc(C)c1NC(=O)c1cc(Nc2ccccc2)ncn1. The Morgan fingerprint density at radius 1 is 1.04 bits per heavy atom. The standard InChI is InChI=1S/C20H20N4O/c1-3-15-9-7-8-14(2)19(15)24-20(25)17-12-18(22-13-21-17)23-16-10-5-4-6-11-16/h4-13H,3H2,1-2H3,(H,24,25)(H,21,22,23). The van der Waals surface area contributed by atoms with Crippen LogP contribution < -0.4 is 10.6 Å². The van der Waals surface area contributed by atoms with Crippen molar-refractivity contribution in [2.75, 3.05) is 10.6 Å². The summed E-state index contributed by atoms with van der Waals surface area (Å²) < 4.78 is 0. The summed E-state index contributed by atoms with van der Waals surface area (Å²) in [5.74, 6) is 0.328. The molecule has 0 aliphatic carbocycles. The van der Waals surface area contributed by atoms with Crippen molar-refractivity contribution in [1.82, 2.24) is 9.97 Å². The molecule has 0 atom stereocenters. The molecule has 1 aromatic heterocycles. The summed E-state index contributed by atoms with van der Waals surface area (Å²) in [6, 6.07) is 17.3. The van der Waals surface area contributed by atoms with Crippen molar-refractivity contribution in [2.45, 2.75) is 20.3 Å². The highest BCUT2D eigenvalue weighted by Gasteiger charge is 2.12. The summed E-state index contributed by atoms with van der Waals surface area (Å²) >= 11 is 0. The van der Waals surface area contributed by atoms with E-state index in [1.165, 1.54) is 6.33 Å². The molecule has 126 valence electrons. The van der Waals surface area contributed by atoms with E-state index in [-0.39, 0.29) is 5.91 Å². The van der Waals surface area contributed by atoms with Gasteiger partial charge in [0.25, 0.3) is 5.91 Å². The van der Waals surface area contributed by atoms with Gasteiger partial charge in [0, 0.05) is 17.4 Å². The molecule has 0 bridgehead atoms. The Labute approximate surface area is 147 Å². The van der Waals surface area contributed by atoms with E-state index in [4.69, 9.17) is 0 Å². The number of anilines is 3. The van der Waals surface area contributed by atoms with Crippen LogP contribution in [0.5, 0.6) is 0 Å². The molecule has 1 heterocycles. The van der Waals surface area contributed by atoms with Crippen LogP contribution in [0.2, 0.25) is 0 Å². The maximum Gasteiger partial charge on any atom is 0.274 e. The highest BCUT2D eigenvalue weighted by Crippen LogP contribution is 2.22. The summed E-state index contributed by atoms with van der Waals surface area (Å²) in [5.41, 5.74) is 4.21. The average molecular weight is 332 g/mol. The molecule has 0 aliphatic heterocycles. The van der Waals surface area contributed by atoms with E-state index in [0.29, 0.717) is 11.5 Å². The van der Waals surface area contributed by atoms with E-state index in [1.54, 1.807) is 6.07 Å². The van der Waals surface area contributed by atoms with Gasteiger partial charge in [0.15, 0.2) is 0 Å². The maximum atomic E-state index is 12.6. The number of hydrogen-bond acceptors (Lipinski definition) is 4. The number of carbonyl (C=O) groups is 1. The van der Waals surface area contributed by atoms with E-state index in [1.807, 2.05) is 55.5 Å². The predicted molar refractivity (Wildman–Crippen MR) is 100 cm³/mol. The molecule has 5 nitrogen and oxygen atoms in total. The zero-order valence-corrected chi connectivity index (χ0v) is 14.3. The Balaban J connectivity index is 1.80. The summed E-state index contributed by atoms with van der Waals surface area (Å²) in [5, 5.41) is 6.15. The van der Waals surface area contributed by atoms with Crippen molar-refractivity contribution in [2.24, 2.45) is 0 Å². The van der Waals surface area contributed by atoms with Gasteiger partial charge in [0.05, 0.1) is 0 Å². The number of benzene rings is 2. The molecule has 0 saturated heterocycles. The second-order valence-corrected chi connectivity index (χ2v) is 5.70. The van der Waals surface area contributed by atoms with Crippen molar-refractivity contribution >= 4 is 23.1 Å². The first-order valence-corrected chi connectivity index (χ1v) is 8.21. The van der Waals surface area contributed by atoms with Gasteiger partial charge in [-0.2, -0.15) is 0 Å². The third-order valence-corrected chi connectivity index (χ3v) is 3.92. The van der Waals surface area contributed by atoms with Gasteiger partial charge in [-0.1, -0.05) is 43.3 Å². The van der Waals surface area contributed by atoms with Crippen molar-refractivity contribution in [3.63, 3.8) is 0 Å². The zero-order chi connectivity index (χ0) is 17.6. The molecule has 0 spiro atoms. The molecule has 5 heteroatoms. The fourth-order valence-corrected chi connectivity index (χ4v) is 2.60. The zero-order valence-electron chi connectivity index (χ0n) is 14.3. The van der Waals surface area contributed by atoms with Crippen molar-refractivity contribution in [3.05, 3.63) is 77.7 Å². The monoisotopic (exact) mass is 332 g/mol. The lowest BCUT2D eigenvalue weighted by Gasteiger charge is -2.13. The molecule has 0 radical (unpaired) electrons. The Bertz CT molecular complexity index is 878. The largest absolute Gasteiger partial charge is 0.340 e. The number of nitrogens with zero attached hydrogens (tertiary/aromatic N) is 2. The first kappa shape index (κ1) is 16.6. The van der Waals surface area contributed by atoms with Gasteiger partial charge in [-0.15, -0.1) is 0 Å².